The molecule has 0 fully saturated rings. The highest BCUT2D eigenvalue weighted by Crippen LogP contribution is 2.21. The van der Waals surface area contributed by atoms with Gasteiger partial charge in [-0.05, 0) is 36.2 Å². The van der Waals surface area contributed by atoms with Crippen molar-refractivity contribution in [1.82, 2.24) is 24.8 Å². The van der Waals surface area contributed by atoms with Gasteiger partial charge in [-0.3, -0.25) is 9.88 Å². The summed E-state index contributed by atoms with van der Waals surface area (Å²) >= 11 is 0. The molecular formula is C17H17N5. The first kappa shape index (κ1) is 13.2. The third kappa shape index (κ3) is 2.63. The van der Waals surface area contributed by atoms with Crippen LogP contribution in [-0.4, -0.2) is 31.4 Å². The monoisotopic (exact) mass is 291 g/mol. The first-order valence-corrected chi connectivity index (χ1v) is 7.48. The van der Waals surface area contributed by atoms with Crippen molar-refractivity contribution in [2.75, 3.05) is 6.54 Å². The molecule has 110 valence electrons. The van der Waals surface area contributed by atoms with Gasteiger partial charge in [-0.2, -0.15) is 0 Å². The molecule has 4 rings (SSSR count). The predicted molar refractivity (Wildman–Crippen MR) is 83.9 cm³/mol. The first-order chi connectivity index (χ1) is 10.9. The number of rotatable bonds is 3. The highest BCUT2D eigenvalue weighted by atomic mass is 15.1. The van der Waals surface area contributed by atoms with Gasteiger partial charge in [0.05, 0.1) is 5.69 Å². The fraction of sp³-hybridized carbons (Fsp3) is 0.235. The van der Waals surface area contributed by atoms with Crippen LogP contribution in [0.3, 0.4) is 0 Å². The van der Waals surface area contributed by atoms with Gasteiger partial charge < -0.3 is 4.98 Å². The Labute approximate surface area is 129 Å². The zero-order valence-corrected chi connectivity index (χ0v) is 12.2. The molecule has 0 radical (unpaired) electrons. The van der Waals surface area contributed by atoms with Crippen molar-refractivity contribution in [1.29, 1.82) is 0 Å². The molecule has 3 aromatic heterocycles. The average molecular weight is 291 g/mol. The SMILES string of the molecule is c1c[nH]c(CN2CCc3cnc(-c4ccncc4)nc3C2)c1. The Morgan fingerprint density at radius 2 is 2.09 bits per heavy atom. The van der Waals surface area contributed by atoms with Gasteiger partial charge in [-0.25, -0.2) is 9.97 Å². The van der Waals surface area contributed by atoms with E-state index in [2.05, 4.69) is 25.9 Å². The van der Waals surface area contributed by atoms with Crippen LogP contribution in [0.5, 0.6) is 0 Å². The summed E-state index contributed by atoms with van der Waals surface area (Å²) in [4.78, 5) is 19.0. The van der Waals surface area contributed by atoms with Crippen LogP contribution in [0.15, 0.2) is 49.1 Å². The van der Waals surface area contributed by atoms with Crippen molar-refractivity contribution in [2.24, 2.45) is 0 Å². The summed E-state index contributed by atoms with van der Waals surface area (Å²) in [5.41, 5.74) is 4.66. The average Bonchev–Trinajstić information content (AvgIpc) is 3.08. The van der Waals surface area contributed by atoms with Gasteiger partial charge >= 0.3 is 0 Å². The lowest BCUT2D eigenvalue weighted by molar-refractivity contribution is 0.239. The maximum Gasteiger partial charge on any atom is 0.159 e. The summed E-state index contributed by atoms with van der Waals surface area (Å²) in [5, 5.41) is 0. The summed E-state index contributed by atoms with van der Waals surface area (Å²) < 4.78 is 0. The van der Waals surface area contributed by atoms with Gasteiger partial charge in [-0.15, -0.1) is 0 Å². The van der Waals surface area contributed by atoms with Crippen LogP contribution >= 0.6 is 0 Å². The van der Waals surface area contributed by atoms with Crippen molar-refractivity contribution in [3.05, 3.63) is 66.0 Å². The lowest BCUT2D eigenvalue weighted by atomic mass is 10.1. The number of hydrogen-bond acceptors (Lipinski definition) is 4. The van der Waals surface area contributed by atoms with E-state index in [0.717, 1.165) is 43.1 Å². The molecule has 0 amide bonds. The van der Waals surface area contributed by atoms with Crippen LogP contribution < -0.4 is 0 Å². The molecule has 0 bridgehead atoms. The molecule has 5 nitrogen and oxygen atoms in total. The van der Waals surface area contributed by atoms with Crippen molar-refractivity contribution in [2.45, 2.75) is 19.5 Å². The molecule has 0 atom stereocenters. The summed E-state index contributed by atoms with van der Waals surface area (Å²) in [5.74, 6) is 0.780. The Balaban J connectivity index is 1.58. The van der Waals surface area contributed by atoms with E-state index in [-0.39, 0.29) is 0 Å². The molecule has 0 aromatic carbocycles. The number of nitrogens with zero attached hydrogens (tertiary/aromatic N) is 4. The van der Waals surface area contributed by atoms with E-state index >= 15 is 0 Å². The molecule has 1 aliphatic heterocycles. The van der Waals surface area contributed by atoms with Gasteiger partial charge in [0.25, 0.3) is 0 Å². The fourth-order valence-electron chi connectivity index (χ4n) is 2.84. The van der Waals surface area contributed by atoms with Crippen molar-refractivity contribution >= 4 is 0 Å². The van der Waals surface area contributed by atoms with Crippen molar-refractivity contribution in [3.8, 4) is 11.4 Å². The molecule has 0 aliphatic carbocycles. The number of fused-ring (bicyclic) bond motifs is 1. The topological polar surface area (TPSA) is 57.7 Å². The second-order valence-electron chi connectivity index (χ2n) is 5.56. The van der Waals surface area contributed by atoms with Crippen molar-refractivity contribution < 1.29 is 0 Å². The Bertz CT molecular complexity index is 752. The molecular weight excluding hydrogens is 274 g/mol. The van der Waals surface area contributed by atoms with Gasteiger partial charge in [-0.1, -0.05) is 0 Å². The van der Waals surface area contributed by atoms with Crippen LogP contribution in [0, 0.1) is 0 Å². The smallest absolute Gasteiger partial charge is 0.159 e. The van der Waals surface area contributed by atoms with Crippen LogP contribution in [0.4, 0.5) is 0 Å². The largest absolute Gasteiger partial charge is 0.364 e. The summed E-state index contributed by atoms with van der Waals surface area (Å²) in [6, 6.07) is 8.05. The van der Waals surface area contributed by atoms with E-state index in [1.165, 1.54) is 11.3 Å². The molecule has 1 aliphatic rings. The maximum absolute atomic E-state index is 4.77. The standard InChI is InChI=1S/C17H17N5/c1-2-15(19-6-1)11-22-9-5-14-10-20-17(21-16(14)12-22)13-3-7-18-8-4-13/h1-4,6-8,10,19H,5,9,11-12H2. The zero-order chi connectivity index (χ0) is 14.8. The summed E-state index contributed by atoms with van der Waals surface area (Å²) in [6.07, 6.45) is 8.50. The molecule has 0 saturated heterocycles. The summed E-state index contributed by atoms with van der Waals surface area (Å²) in [6.45, 7) is 2.85. The molecule has 0 saturated carbocycles. The highest BCUT2D eigenvalue weighted by Gasteiger charge is 2.19. The van der Waals surface area contributed by atoms with Gasteiger partial charge in [0.15, 0.2) is 5.82 Å². The molecule has 3 aromatic rings. The third-order valence-electron chi connectivity index (χ3n) is 4.02. The molecule has 0 spiro atoms. The van der Waals surface area contributed by atoms with E-state index in [9.17, 15) is 0 Å². The molecule has 4 heterocycles. The second-order valence-corrected chi connectivity index (χ2v) is 5.56. The number of H-pyrrole nitrogens is 1. The molecule has 1 N–H and O–H groups in total. The third-order valence-corrected chi connectivity index (χ3v) is 4.02. The lowest BCUT2D eigenvalue weighted by Gasteiger charge is -2.27. The number of aromatic amines is 1. The minimum Gasteiger partial charge on any atom is -0.364 e. The van der Waals surface area contributed by atoms with Gasteiger partial charge in [0.1, 0.15) is 0 Å². The number of hydrogen-bond donors (Lipinski definition) is 1. The molecule has 0 unspecified atom stereocenters. The van der Waals surface area contributed by atoms with Crippen molar-refractivity contribution in [3.63, 3.8) is 0 Å². The highest BCUT2D eigenvalue weighted by molar-refractivity contribution is 5.54. The number of nitrogens with one attached hydrogen (secondary N) is 1. The normalized spacial score (nSPS) is 14.7. The van der Waals surface area contributed by atoms with Gasteiger partial charge in [0, 0.05) is 55.7 Å². The van der Waals surface area contributed by atoms with Gasteiger partial charge in [0.2, 0.25) is 0 Å². The van der Waals surface area contributed by atoms with E-state index in [0.29, 0.717) is 0 Å². The van der Waals surface area contributed by atoms with E-state index < -0.39 is 0 Å². The second kappa shape index (κ2) is 5.69. The van der Waals surface area contributed by atoms with Crippen LogP contribution in [0.25, 0.3) is 11.4 Å². The zero-order valence-electron chi connectivity index (χ0n) is 12.2. The molecule has 5 heteroatoms. The fourth-order valence-corrected chi connectivity index (χ4v) is 2.84. The minimum atomic E-state index is 0.780. The maximum atomic E-state index is 4.77. The van der Waals surface area contributed by atoms with Crippen LogP contribution in [0.2, 0.25) is 0 Å². The predicted octanol–water partition coefficient (Wildman–Crippen LogP) is 2.43. The first-order valence-electron chi connectivity index (χ1n) is 7.48. The number of pyridine rings is 1. The lowest BCUT2D eigenvalue weighted by Crippen LogP contribution is -2.31. The van der Waals surface area contributed by atoms with E-state index in [1.807, 2.05) is 30.6 Å². The van der Waals surface area contributed by atoms with Crippen LogP contribution in [-0.2, 0) is 19.5 Å². The Kier molecular flexibility index (Phi) is 3.40. The Morgan fingerprint density at radius 3 is 2.91 bits per heavy atom. The Morgan fingerprint density at radius 1 is 1.18 bits per heavy atom. The Hall–Kier alpha value is -2.53. The summed E-state index contributed by atoms with van der Waals surface area (Å²) in [7, 11) is 0. The quantitative estimate of drug-likeness (QED) is 0.805. The minimum absolute atomic E-state index is 0.780. The number of aromatic nitrogens is 4. The molecule has 22 heavy (non-hydrogen) atoms. The van der Waals surface area contributed by atoms with E-state index in [1.54, 1.807) is 12.4 Å². The van der Waals surface area contributed by atoms with Crippen LogP contribution in [0.1, 0.15) is 17.0 Å². The van der Waals surface area contributed by atoms with E-state index in [4.69, 9.17) is 4.98 Å².